The van der Waals surface area contributed by atoms with Crippen LogP contribution in [0.3, 0.4) is 0 Å². The van der Waals surface area contributed by atoms with Crippen molar-refractivity contribution in [3.63, 3.8) is 0 Å². The standard InChI is InChI=1S/C25H26ClN3O6/c1-23(2)24(3)10-11-25(23,22(31)27-16-6-5-7-17(13-16)34-4)14-20(24)28-35-21(30)15-8-9-18(26)19(12-15)29(32)33/h5-9,12-13H,10-11,14H2,1-4H3,(H,27,31)/b28-20-. The molecule has 2 aromatic rings. The molecule has 2 aliphatic carbocycles. The predicted molar refractivity (Wildman–Crippen MR) is 131 cm³/mol. The first-order chi connectivity index (χ1) is 16.4. The number of fused-ring (bicyclic) bond motifs is 2. The Bertz CT molecular complexity index is 1260. The summed E-state index contributed by atoms with van der Waals surface area (Å²) in [7, 11) is 1.56. The van der Waals surface area contributed by atoms with E-state index in [-0.39, 0.29) is 16.5 Å². The normalized spacial score (nSPS) is 25.3. The molecule has 0 spiro atoms. The van der Waals surface area contributed by atoms with E-state index in [0.717, 1.165) is 6.07 Å². The third-order valence-electron chi connectivity index (χ3n) is 8.11. The zero-order valence-corrected chi connectivity index (χ0v) is 20.6. The molecule has 2 saturated carbocycles. The van der Waals surface area contributed by atoms with Crippen molar-refractivity contribution < 1.29 is 24.1 Å². The second kappa shape index (κ2) is 8.64. The molecule has 2 aliphatic rings. The first kappa shape index (κ1) is 24.7. The Labute approximate surface area is 207 Å². The average molecular weight is 500 g/mol. The number of nitrogens with zero attached hydrogens (tertiary/aromatic N) is 2. The zero-order valence-electron chi connectivity index (χ0n) is 19.9. The number of methoxy groups -OCH3 is 1. The number of rotatable bonds is 6. The van der Waals surface area contributed by atoms with Crippen LogP contribution in [-0.2, 0) is 9.63 Å². The summed E-state index contributed by atoms with van der Waals surface area (Å²) in [6.45, 7) is 6.11. The fourth-order valence-corrected chi connectivity index (χ4v) is 5.59. The van der Waals surface area contributed by atoms with Crippen molar-refractivity contribution in [2.75, 3.05) is 12.4 Å². The van der Waals surface area contributed by atoms with Gasteiger partial charge in [0.1, 0.15) is 10.8 Å². The minimum Gasteiger partial charge on any atom is -0.497 e. The molecule has 0 aromatic heterocycles. The molecule has 2 aromatic carbocycles. The molecule has 0 aliphatic heterocycles. The number of nitrogens with one attached hydrogen (secondary N) is 1. The molecule has 35 heavy (non-hydrogen) atoms. The number of hydrogen-bond acceptors (Lipinski definition) is 7. The number of benzene rings is 2. The maximum Gasteiger partial charge on any atom is 0.365 e. The van der Waals surface area contributed by atoms with Gasteiger partial charge >= 0.3 is 5.97 Å². The summed E-state index contributed by atoms with van der Waals surface area (Å²) in [5.41, 5.74) is -0.855. The van der Waals surface area contributed by atoms with Crippen molar-refractivity contribution in [3.8, 4) is 5.75 Å². The monoisotopic (exact) mass is 499 g/mol. The Morgan fingerprint density at radius 3 is 2.57 bits per heavy atom. The molecule has 184 valence electrons. The van der Waals surface area contributed by atoms with Crippen molar-refractivity contribution in [3.05, 3.63) is 63.2 Å². The van der Waals surface area contributed by atoms with Gasteiger partial charge in [0.15, 0.2) is 0 Å². The van der Waals surface area contributed by atoms with Gasteiger partial charge in [-0.3, -0.25) is 14.9 Å². The molecule has 0 heterocycles. The lowest BCUT2D eigenvalue weighted by atomic mass is 9.64. The molecule has 2 bridgehead atoms. The van der Waals surface area contributed by atoms with Crippen LogP contribution < -0.4 is 10.1 Å². The van der Waals surface area contributed by atoms with Gasteiger partial charge in [-0.1, -0.05) is 43.6 Å². The smallest absolute Gasteiger partial charge is 0.365 e. The van der Waals surface area contributed by atoms with Crippen molar-refractivity contribution in [2.45, 2.75) is 40.0 Å². The first-order valence-corrected chi connectivity index (χ1v) is 11.5. The molecular weight excluding hydrogens is 474 g/mol. The third-order valence-corrected chi connectivity index (χ3v) is 8.43. The summed E-state index contributed by atoms with van der Waals surface area (Å²) >= 11 is 5.82. The molecule has 0 saturated heterocycles. The third kappa shape index (κ3) is 3.83. The highest BCUT2D eigenvalue weighted by Crippen LogP contribution is 2.71. The molecule has 10 heteroatoms. The van der Waals surface area contributed by atoms with Crippen LogP contribution in [0, 0.1) is 26.4 Å². The zero-order chi connectivity index (χ0) is 25.6. The number of anilines is 1. The lowest BCUT2D eigenvalue weighted by Gasteiger charge is -2.39. The van der Waals surface area contributed by atoms with Crippen molar-refractivity contribution >= 4 is 40.6 Å². The van der Waals surface area contributed by atoms with Crippen LogP contribution in [0.1, 0.15) is 50.4 Å². The number of carbonyl (C=O) groups excluding carboxylic acids is 2. The van der Waals surface area contributed by atoms with Crippen molar-refractivity contribution in [1.29, 1.82) is 0 Å². The van der Waals surface area contributed by atoms with E-state index in [2.05, 4.69) is 10.5 Å². The number of nitro benzene ring substituents is 1. The van der Waals surface area contributed by atoms with E-state index in [1.807, 2.05) is 20.8 Å². The Morgan fingerprint density at radius 1 is 1.14 bits per heavy atom. The van der Waals surface area contributed by atoms with Crippen molar-refractivity contribution in [2.24, 2.45) is 21.4 Å². The van der Waals surface area contributed by atoms with E-state index in [4.69, 9.17) is 21.2 Å². The highest BCUT2D eigenvalue weighted by Gasteiger charge is 2.71. The van der Waals surface area contributed by atoms with E-state index < -0.39 is 32.8 Å². The van der Waals surface area contributed by atoms with E-state index in [1.54, 1.807) is 31.4 Å². The average Bonchev–Trinajstić information content (AvgIpc) is 3.13. The number of oxime groups is 1. The number of ether oxygens (including phenoxy) is 1. The minimum atomic E-state index is -0.837. The predicted octanol–water partition coefficient (Wildman–Crippen LogP) is 5.62. The van der Waals surface area contributed by atoms with Crippen LogP contribution in [-0.4, -0.2) is 29.6 Å². The largest absolute Gasteiger partial charge is 0.497 e. The Balaban J connectivity index is 1.58. The van der Waals surface area contributed by atoms with Crippen LogP contribution in [0.2, 0.25) is 5.02 Å². The minimum absolute atomic E-state index is 0.0384. The lowest BCUT2D eigenvalue weighted by molar-refractivity contribution is -0.384. The molecule has 1 N–H and O–H groups in total. The van der Waals surface area contributed by atoms with Crippen LogP contribution in [0.5, 0.6) is 5.75 Å². The van der Waals surface area contributed by atoms with Gasteiger partial charge in [0, 0.05) is 29.7 Å². The Kier molecular flexibility index (Phi) is 6.09. The second-order valence-corrected chi connectivity index (χ2v) is 10.1. The van der Waals surface area contributed by atoms with Gasteiger partial charge in [-0.15, -0.1) is 0 Å². The maximum absolute atomic E-state index is 13.6. The fraction of sp³-hybridized carbons (Fsp3) is 0.400. The maximum atomic E-state index is 13.6. The van der Waals surface area contributed by atoms with E-state index in [0.29, 0.717) is 36.4 Å². The first-order valence-electron chi connectivity index (χ1n) is 11.1. The molecule has 1 amide bonds. The molecule has 9 nitrogen and oxygen atoms in total. The van der Waals surface area contributed by atoms with Crippen LogP contribution in [0.15, 0.2) is 47.6 Å². The number of halogens is 1. The van der Waals surface area contributed by atoms with Gasteiger partial charge in [-0.25, -0.2) is 4.79 Å². The van der Waals surface area contributed by atoms with Gasteiger partial charge in [0.25, 0.3) is 5.69 Å². The number of carbonyl (C=O) groups is 2. The highest BCUT2D eigenvalue weighted by molar-refractivity contribution is 6.32. The van der Waals surface area contributed by atoms with Crippen molar-refractivity contribution in [1.82, 2.24) is 0 Å². The Morgan fingerprint density at radius 2 is 1.89 bits per heavy atom. The van der Waals surface area contributed by atoms with Gasteiger partial charge in [0.2, 0.25) is 5.91 Å². The fourth-order valence-electron chi connectivity index (χ4n) is 5.40. The van der Waals surface area contributed by atoms with Crippen LogP contribution in [0.4, 0.5) is 11.4 Å². The topological polar surface area (TPSA) is 120 Å². The summed E-state index contributed by atoms with van der Waals surface area (Å²) in [6, 6.07) is 10.8. The number of amides is 1. The van der Waals surface area contributed by atoms with Gasteiger partial charge in [-0.2, -0.15) is 0 Å². The van der Waals surface area contributed by atoms with E-state index >= 15 is 0 Å². The van der Waals surface area contributed by atoms with Crippen LogP contribution >= 0.6 is 11.6 Å². The number of nitro groups is 1. The summed E-state index contributed by atoms with van der Waals surface area (Å²) in [5, 5.41) is 18.2. The van der Waals surface area contributed by atoms with Gasteiger partial charge < -0.3 is 14.9 Å². The molecular formula is C25H26ClN3O6. The summed E-state index contributed by atoms with van der Waals surface area (Å²) in [6.07, 6.45) is 1.71. The molecule has 2 unspecified atom stereocenters. The summed E-state index contributed by atoms with van der Waals surface area (Å²) < 4.78 is 5.25. The number of hydrogen-bond donors (Lipinski definition) is 1. The lowest BCUT2D eigenvalue weighted by Crippen LogP contribution is -2.43. The van der Waals surface area contributed by atoms with Gasteiger partial charge in [-0.05, 0) is 42.5 Å². The molecule has 0 radical (unpaired) electrons. The Hall–Kier alpha value is -3.46. The van der Waals surface area contributed by atoms with Gasteiger partial charge in [0.05, 0.1) is 28.7 Å². The summed E-state index contributed by atoms with van der Waals surface area (Å²) in [4.78, 5) is 41.8. The molecule has 2 atom stereocenters. The molecule has 2 fully saturated rings. The highest BCUT2D eigenvalue weighted by atomic mass is 35.5. The SMILES string of the molecule is COc1cccc(NC(=O)C23CCC(C)(/C(=N\OC(=O)c4ccc(Cl)c([N+](=O)[O-])c4)C2)C3(C)C)c1. The quantitative estimate of drug-likeness (QED) is 0.312. The second-order valence-electron chi connectivity index (χ2n) is 9.74. The molecule has 4 rings (SSSR count). The van der Waals surface area contributed by atoms with E-state index in [9.17, 15) is 19.7 Å². The van der Waals surface area contributed by atoms with E-state index in [1.165, 1.54) is 12.1 Å². The van der Waals surface area contributed by atoms with Crippen LogP contribution in [0.25, 0.3) is 0 Å². The summed E-state index contributed by atoms with van der Waals surface area (Å²) in [5.74, 6) is -0.320.